The van der Waals surface area contributed by atoms with Crippen molar-refractivity contribution < 1.29 is 18.7 Å². The number of benzene rings is 1. The van der Waals surface area contributed by atoms with Gasteiger partial charge in [-0.25, -0.2) is 4.39 Å². The van der Waals surface area contributed by atoms with Gasteiger partial charge in [-0.15, -0.1) is 5.10 Å². The zero-order valence-electron chi connectivity index (χ0n) is 16.3. The molecule has 0 spiro atoms. The molecule has 0 unspecified atom stereocenters. The molecule has 2 aromatic heterocycles. The van der Waals surface area contributed by atoms with Crippen molar-refractivity contribution in [2.75, 3.05) is 20.3 Å². The van der Waals surface area contributed by atoms with E-state index in [1.807, 2.05) is 6.92 Å². The molecule has 0 atom stereocenters. The van der Waals surface area contributed by atoms with Gasteiger partial charge in [0.2, 0.25) is 11.8 Å². The molecule has 8 heteroatoms. The van der Waals surface area contributed by atoms with Gasteiger partial charge in [-0.3, -0.25) is 9.48 Å². The van der Waals surface area contributed by atoms with Crippen LogP contribution in [0.3, 0.4) is 0 Å². The first-order chi connectivity index (χ1) is 13.5. The highest BCUT2D eigenvalue weighted by molar-refractivity contribution is 5.86. The molecule has 0 saturated carbocycles. The number of nitrogens with one attached hydrogen (secondary N) is 2. The van der Waals surface area contributed by atoms with Gasteiger partial charge < -0.3 is 19.8 Å². The summed E-state index contributed by atoms with van der Waals surface area (Å²) in [7, 11) is 3.43. The Bertz CT molecular complexity index is 964. The topological polar surface area (TPSA) is 81.2 Å². The van der Waals surface area contributed by atoms with Crippen molar-refractivity contribution in [3.63, 3.8) is 0 Å². The zero-order valence-corrected chi connectivity index (χ0v) is 16.3. The number of amides is 1. The lowest BCUT2D eigenvalue weighted by Crippen LogP contribution is -2.17. The van der Waals surface area contributed by atoms with E-state index in [-0.39, 0.29) is 24.9 Å². The van der Waals surface area contributed by atoms with E-state index in [0.29, 0.717) is 12.3 Å². The van der Waals surface area contributed by atoms with E-state index < -0.39 is 5.82 Å². The first-order valence-electron chi connectivity index (χ1n) is 9.24. The van der Waals surface area contributed by atoms with Crippen molar-refractivity contribution in [3.8, 4) is 11.6 Å². The molecule has 0 radical (unpaired) electrons. The van der Waals surface area contributed by atoms with Crippen LogP contribution in [-0.4, -0.2) is 40.9 Å². The van der Waals surface area contributed by atoms with Crippen molar-refractivity contribution in [2.24, 2.45) is 7.05 Å². The molecule has 3 rings (SSSR count). The fourth-order valence-corrected chi connectivity index (χ4v) is 3.14. The molecule has 0 aliphatic carbocycles. The van der Waals surface area contributed by atoms with Gasteiger partial charge in [0.05, 0.1) is 0 Å². The number of halogens is 1. The van der Waals surface area contributed by atoms with Gasteiger partial charge in [0.25, 0.3) is 0 Å². The number of carbonyl (C=O) groups is 1. The number of hydrogen-bond donors (Lipinski definition) is 2. The number of rotatable bonds is 9. The summed E-state index contributed by atoms with van der Waals surface area (Å²) in [6.45, 7) is 2.42. The molecule has 0 aliphatic rings. The second kappa shape index (κ2) is 8.77. The monoisotopic (exact) mass is 388 g/mol. The maximum absolute atomic E-state index is 14.4. The first kappa shape index (κ1) is 19.7. The van der Waals surface area contributed by atoms with E-state index in [2.05, 4.69) is 15.4 Å². The predicted octanol–water partition coefficient (Wildman–Crippen LogP) is 2.88. The van der Waals surface area contributed by atoms with Crippen molar-refractivity contribution >= 4 is 16.8 Å². The molecule has 7 nitrogen and oxygen atoms in total. The third kappa shape index (κ3) is 4.62. The number of aromatic nitrogens is 3. The smallest absolute Gasteiger partial charge is 0.232 e. The quantitative estimate of drug-likeness (QED) is 0.553. The van der Waals surface area contributed by atoms with Gasteiger partial charge in [-0.2, -0.15) is 0 Å². The third-order valence-electron chi connectivity index (χ3n) is 4.56. The van der Waals surface area contributed by atoms with E-state index in [1.165, 1.54) is 6.07 Å². The second-order valence-electron chi connectivity index (χ2n) is 6.61. The molecule has 0 fully saturated rings. The average molecular weight is 388 g/mol. The van der Waals surface area contributed by atoms with Gasteiger partial charge in [0, 0.05) is 55.4 Å². The lowest BCUT2D eigenvalue weighted by Gasteiger charge is -2.09. The molecule has 0 aliphatic heterocycles. The van der Waals surface area contributed by atoms with E-state index in [0.717, 1.165) is 35.0 Å². The highest BCUT2D eigenvalue weighted by Crippen LogP contribution is 2.30. The molecule has 3 aromatic rings. The highest BCUT2D eigenvalue weighted by atomic mass is 19.1. The van der Waals surface area contributed by atoms with Crippen LogP contribution in [0.5, 0.6) is 11.6 Å². The van der Waals surface area contributed by atoms with Gasteiger partial charge in [0.1, 0.15) is 13.2 Å². The Morgan fingerprint density at radius 2 is 2.11 bits per heavy atom. The van der Waals surface area contributed by atoms with Crippen LogP contribution in [0, 0.1) is 12.7 Å². The minimum absolute atomic E-state index is 0.0143. The maximum Gasteiger partial charge on any atom is 0.232 e. The van der Waals surface area contributed by atoms with Gasteiger partial charge in [-0.05, 0) is 31.4 Å². The van der Waals surface area contributed by atoms with Gasteiger partial charge in [-0.1, -0.05) is 0 Å². The minimum Gasteiger partial charge on any atom is -0.487 e. The summed E-state index contributed by atoms with van der Waals surface area (Å²) >= 11 is 0. The minimum atomic E-state index is -0.427. The Morgan fingerprint density at radius 1 is 1.32 bits per heavy atom. The third-order valence-corrected chi connectivity index (χ3v) is 4.56. The van der Waals surface area contributed by atoms with Crippen molar-refractivity contribution in [2.45, 2.75) is 26.2 Å². The molecule has 2 N–H and O–H groups in total. The van der Waals surface area contributed by atoms with Crippen LogP contribution < -0.4 is 14.8 Å². The maximum atomic E-state index is 14.4. The largest absolute Gasteiger partial charge is 0.487 e. The number of aromatic amines is 1. The van der Waals surface area contributed by atoms with E-state index in [1.54, 1.807) is 37.1 Å². The van der Waals surface area contributed by atoms with Crippen LogP contribution in [0.2, 0.25) is 0 Å². The summed E-state index contributed by atoms with van der Waals surface area (Å²) in [4.78, 5) is 14.6. The molecule has 1 aromatic carbocycles. The Labute approximate surface area is 162 Å². The zero-order chi connectivity index (χ0) is 20.1. The fourth-order valence-electron chi connectivity index (χ4n) is 3.14. The van der Waals surface area contributed by atoms with Crippen LogP contribution in [0.1, 0.15) is 24.1 Å². The lowest BCUT2D eigenvalue weighted by molar-refractivity contribution is -0.120. The standard InChI is InChI=1S/C20H25FN4O3/c1-13-14(5-4-6-19(26)22-2)15-11-18(16(21)12-17(15)23-13)27-9-10-28-20-7-8-25(3)24-20/h7-8,11-12,23H,4-6,9-10H2,1-3H3,(H,22,26). The summed E-state index contributed by atoms with van der Waals surface area (Å²) < 4.78 is 27.1. The number of ether oxygens (including phenoxy) is 2. The van der Waals surface area contributed by atoms with E-state index >= 15 is 0 Å². The number of nitrogens with zero attached hydrogens (tertiary/aromatic N) is 2. The number of fused-ring (bicyclic) bond motifs is 1. The Hall–Kier alpha value is -3.03. The van der Waals surface area contributed by atoms with Gasteiger partial charge >= 0.3 is 0 Å². The Balaban J connectivity index is 1.65. The molecule has 0 bridgehead atoms. The van der Waals surface area contributed by atoms with Crippen LogP contribution in [-0.2, 0) is 18.3 Å². The molecule has 0 saturated heterocycles. The van der Waals surface area contributed by atoms with E-state index in [4.69, 9.17) is 9.47 Å². The summed E-state index contributed by atoms with van der Waals surface area (Å²) in [6, 6.07) is 4.91. The fraction of sp³-hybridized carbons (Fsp3) is 0.400. The lowest BCUT2D eigenvalue weighted by atomic mass is 10.0. The molecule has 2 heterocycles. The Morgan fingerprint density at radius 3 is 2.82 bits per heavy atom. The summed E-state index contributed by atoms with van der Waals surface area (Å²) in [5.41, 5.74) is 2.78. The van der Waals surface area contributed by atoms with Crippen molar-refractivity contribution in [1.82, 2.24) is 20.1 Å². The number of aryl methyl sites for hydroxylation is 3. The second-order valence-corrected chi connectivity index (χ2v) is 6.61. The predicted molar refractivity (Wildman–Crippen MR) is 104 cm³/mol. The highest BCUT2D eigenvalue weighted by Gasteiger charge is 2.14. The molecular formula is C20H25FN4O3. The number of H-pyrrole nitrogens is 1. The van der Waals surface area contributed by atoms with Crippen molar-refractivity contribution in [3.05, 3.63) is 41.5 Å². The molecule has 1 amide bonds. The van der Waals surface area contributed by atoms with Crippen LogP contribution in [0.25, 0.3) is 10.9 Å². The van der Waals surface area contributed by atoms with E-state index in [9.17, 15) is 9.18 Å². The first-order valence-corrected chi connectivity index (χ1v) is 9.24. The Kier molecular flexibility index (Phi) is 6.18. The summed E-state index contributed by atoms with van der Waals surface area (Å²) in [5.74, 6) is 0.273. The van der Waals surface area contributed by atoms with Gasteiger partial charge in [0.15, 0.2) is 11.6 Å². The summed E-state index contributed by atoms with van der Waals surface area (Å²) in [6.07, 6.45) is 3.69. The van der Waals surface area contributed by atoms with Crippen molar-refractivity contribution in [1.29, 1.82) is 0 Å². The SMILES string of the molecule is CNC(=O)CCCc1c(C)[nH]c2cc(F)c(OCCOc3ccn(C)n3)cc12. The normalized spacial score (nSPS) is 11.0. The molecular weight excluding hydrogens is 363 g/mol. The van der Waals surface area contributed by atoms with Crippen LogP contribution >= 0.6 is 0 Å². The van der Waals surface area contributed by atoms with Crippen LogP contribution in [0.4, 0.5) is 4.39 Å². The molecule has 28 heavy (non-hydrogen) atoms. The summed E-state index contributed by atoms with van der Waals surface area (Å²) in [5, 5.41) is 7.64. The average Bonchev–Trinajstić information content (AvgIpc) is 3.21. The van der Waals surface area contributed by atoms with Crippen LogP contribution in [0.15, 0.2) is 24.4 Å². The number of carbonyl (C=O) groups excluding carboxylic acids is 1. The number of hydrogen-bond acceptors (Lipinski definition) is 4. The molecule has 150 valence electrons.